The van der Waals surface area contributed by atoms with Gasteiger partial charge in [0.25, 0.3) is 5.91 Å². The maximum absolute atomic E-state index is 12.3. The highest BCUT2D eigenvalue weighted by Crippen LogP contribution is 2.26. The molecule has 3 aromatic rings. The van der Waals surface area contributed by atoms with E-state index in [1.54, 1.807) is 5.38 Å². The number of hydrogen-bond donors (Lipinski definition) is 2. The Kier molecular flexibility index (Phi) is 3.37. The fourth-order valence-electron chi connectivity index (χ4n) is 1.97. The van der Waals surface area contributed by atoms with Crippen LogP contribution in [0, 0.1) is 0 Å². The van der Waals surface area contributed by atoms with E-state index in [1.807, 2.05) is 24.3 Å². The van der Waals surface area contributed by atoms with Crippen molar-refractivity contribution in [2.45, 2.75) is 0 Å². The van der Waals surface area contributed by atoms with Crippen molar-refractivity contribution in [2.24, 2.45) is 0 Å². The summed E-state index contributed by atoms with van der Waals surface area (Å²) >= 11 is 1.49. The summed E-state index contributed by atoms with van der Waals surface area (Å²) in [6.45, 7) is 0. The van der Waals surface area contributed by atoms with Crippen LogP contribution >= 0.6 is 11.3 Å². The van der Waals surface area contributed by atoms with Gasteiger partial charge in [0, 0.05) is 21.7 Å². The van der Waals surface area contributed by atoms with Gasteiger partial charge in [-0.15, -0.1) is 11.3 Å². The average molecular weight is 298 g/mol. The second-order valence-electron chi connectivity index (χ2n) is 4.33. The standard InChI is InChI=1S/C15H10N2O3S/c18-14(11-8-21-12-4-2-1-3-10(11)12)17-13-7-9(15(19)20)5-6-16-13/h1-8H,(H,19,20)(H,16,17,18). The summed E-state index contributed by atoms with van der Waals surface area (Å²) < 4.78 is 1.02. The minimum atomic E-state index is -1.06. The number of aromatic nitrogens is 1. The second kappa shape index (κ2) is 5.34. The summed E-state index contributed by atoms with van der Waals surface area (Å²) in [5.74, 6) is -1.15. The van der Waals surface area contributed by atoms with E-state index >= 15 is 0 Å². The van der Waals surface area contributed by atoms with Crippen molar-refractivity contribution in [1.82, 2.24) is 4.98 Å². The van der Waals surface area contributed by atoms with Crippen LogP contribution in [0.15, 0.2) is 48.0 Å². The molecule has 3 rings (SSSR count). The van der Waals surface area contributed by atoms with E-state index in [-0.39, 0.29) is 17.3 Å². The molecular weight excluding hydrogens is 288 g/mol. The molecule has 0 atom stereocenters. The molecule has 0 saturated carbocycles. The number of fused-ring (bicyclic) bond motifs is 1. The predicted octanol–water partition coefficient (Wildman–Crippen LogP) is 3.25. The number of carboxylic acids is 1. The van der Waals surface area contributed by atoms with Crippen molar-refractivity contribution in [2.75, 3.05) is 5.32 Å². The number of pyridine rings is 1. The smallest absolute Gasteiger partial charge is 0.335 e. The zero-order valence-electron chi connectivity index (χ0n) is 10.7. The molecule has 2 heterocycles. The number of nitrogens with one attached hydrogen (secondary N) is 1. The van der Waals surface area contributed by atoms with Gasteiger partial charge >= 0.3 is 5.97 Å². The number of thiophene rings is 1. The van der Waals surface area contributed by atoms with Gasteiger partial charge in [-0.2, -0.15) is 0 Å². The molecule has 5 nitrogen and oxygen atoms in total. The number of nitrogens with zero attached hydrogens (tertiary/aromatic N) is 1. The minimum absolute atomic E-state index is 0.0791. The molecule has 2 aromatic heterocycles. The Hall–Kier alpha value is -2.73. The van der Waals surface area contributed by atoms with Crippen LogP contribution in [-0.2, 0) is 0 Å². The lowest BCUT2D eigenvalue weighted by atomic mass is 10.1. The second-order valence-corrected chi connectivity index (χ2v) is 5.25. The van der Waals surface area contributed by atoms with E-state index in [0.717, 1.165) is 10.1 Å². The zero-order valence-corrected chi connectivity index (χ0v) is 11.6. The molecule has 104 valence electrons. The van der Waals surface area contributed by atoms with E-state index in [9.17, 15) is 9.59 Å². The number of hydrogen-bond acceptors (Lipinski definition) is 4. The van der Waals surface area contributed by atoms with Crippen molar-refractivity contribution in [3.8, 4) is 0 Å². The minimum Gasteiger partial charge on any atom is -0.478 e. The highest BCUT2D eigenvalue weighted by atomic mass is 32.1. The molecule has 0 unspecified atom stereocenters. The summed E-state index contributed by atoms with van der Waals surface area (Å²) in [6.07, 6.45) is 1.35. The molecule has 0 spiro atoms. The van der Waals surface area contributed by atoms with Crippen molar-refractivity contribution in [1.29, 1.82) is 0 Å². The van der Waals surface area contributed by atoms with Gasteiger partial charge in [-0.1, -0.05) is 18.2 Å². The molecule has 0 saturated heterocycles. The highest BCUT2D eigenvalue weighted by Gasteiger charge is 2.13. The Bertz CT molecular complexity index is 842. The number of carbonyl (C=O) groups excluding carboxylic acids is 1. The van der Waals surface area contributed by atoms with Crippen LogP contribution in [0.2, 0.25) is 0 Å². The molecule has 0 fully saturated rings. The van der Waals surface area contributed by atoms with Gasteiger partial charge in [0.15, 0.2) is 0 Å². The molecule has 2 N–H and O–H groups in total. The van der Waals surface area contributed by atoms with Crippen molar-refractivity contribution >= 4 is 39.1 Å². The number of anilines is 1. The number of amides is 1. The number of rotatable bonds is 3. The summed E-state index contributed by atoms with van der Waals surface area (Å²) in [7, 11) is 0. The van der Waals surface area contributed by atoms with Crippen LogP contribution in [-0.4, -0.2) is 22.0 Å². The molecule has 1 aromatic carbocycles. The number of carbonyl (C=O) groups is 2. The molecule has 21 heavy (non-hydrogen) atoms. The molecule has 0 bridgehead atoms. The Morgan fingerprint density at radius 2 is 2.00 bits per heavy atom. The molecule has 0 aliphatic heterocycles. The lowest BCUT2D eigenvalue weighted by molar-refractivity contribution is 0.0696. The van der Waals surface area contributed by atoms with E-state index in [0.29, 0.717) is 5.56 Å². The summed E-state index contributed by atoms with van der Waals surface area (Å²) in [5, 5.41) is 14.2. The third-order valence-corrected chi connectivity index (χ3v) is 3.94. The monoisotopic (exact) mass is 298 g/mol. The topological polar surface area (TPSA) is 79.3 Å². The zero-order chi connectivity index (χ0) is 14.8. The normalized spacial score (nSPS) is 10.5. The Morgan fingerprint density at radius 3 is 2.81 bits per heavy atom. The largest absolute Gasteiger partial charge is 0.478 e. The summed E-state index contributed by atoms with van der Waals surface area (Å²) in [5.41, 5.74) is 0.633. The first-order valence-corrected chi connectivity index (χ1v) is 7.00. The van der Waals surface area contributed by atoms with E-state index in [2.05, 4.69) is 10.3 Å². The molecule has 0 radical (unpaired) electrons. The van der Waals surface area contributed by atoms with Gasteiger partial charge in [0.1, 0.15) is 5.82 Å². The van der Waals surface area contributed by atoms with E-state index in [1.165, 1.54) is 29.7 Å². The molecular formula is C15H10N2O3S. The molecule has 1 amide bonds. The number of benzene rings is 1. The van der Waals surface area contributed by atoms with Crippen molar-refractivity contribution < 1.29 is 14.7 Å². The van der Waals surface area contributed by atoms with Gasteiger partial charge < -0.3 is 10.4 Å². The molecule has 0 aliphatic carbocycles. The van der Waals surface area contributed by atoms with E-state index in [4.69, 9.17) is 5.11 Å². The lowest BCUT2D eigenvalue weighted by Gasteiger charge is -2.04. The average Bonchev–Trinajstić information content (AvgIpc) is 2.91. The third kappa shape index (κ3) is 2.61. The van der Waals surface area contributed by atoms with Gasteiger partial charge in [0.2, 0.25) is 0 Å². The Balaban J connectivity index is 1.90. The van der Waals surface area contributed by atoms with Gasteiger partial charge in [-0.25, -0.2) is 9.78 Å². The van der Waals surface area contributed by atoms with Crippen LogP contribution in [0.25, 0.3) is 10.1 Å². The Morgan fingerprint density at radius 1 is 1.19 bits per heavy atom. The molecule has 6 heteroatoms. The number of aromatic carboxylic acids is 1. The third-order valence-electron chi connectivity index (χ3n) is 2.97. The lowest BCUT2D eigenvalue weighted by Crippen LogP contribution is -2.13. The first kappa shape index (κ1) is 13.3. The van der Waals surface area contributed by atoms with Crippen molar-refractivity contribution in [3.63, 3.8) is 0 Å². The van der Waals surface area contributed by atoms with Crippen LogP contribution in [0.1, 0.15) is 20.7 Å². The van der Waals surface area contributed by atoms with Crippen molar-refractivity contribution in [3.05, 3.63) is 59.1 Å². The SMILES string of the molecule is O=C(O)c1ccnc(NC(=O)c2csc3ccccc23)c1. The first-order valence-electron chi connectivity index (χ1n) is 6.12. The van der Waals surface area contributed by atoms with E-state index < -0.39 is 5.97 Å². The predicted molar refractivity (Wildman–Crippen MR) is 81.0 cm³/mol. The van der Waals surface area contributed by atoms with Crippen LogP contribution in [0.4, 0.5) is 5.82 Å². The fourth-order valence-corrected chi connectivity index (χ4v) is 2.91. The highest BCUT2D eigenvalue weighted by molar-refractivity contribution is 7.17. The summed E-state index contributed by atoms with van der Waals surface area (Å²) in [4.78, 5) is 27.1. The number of carboxylic acid groups (broad SMARTS) is 1. The van der Waals surface area contributed by atoms with Gasteiger partial charge in [-0.3, -0.25) is 4.79 Å². The maximum atomic E-state index is 12.3. The first-order chi connectivity index (χ1) is 10.1. The van der Waals surface area contributed by atoms with Crippen LogP contribution in [0.3, 0.4) is 0 Å². The maximum Gasteiger partial charge on any atom is 0.335 e. The quantitative estimate of drug-likeness (QED) is 0.778. The van der Waals surface area contributed by atoms with Gasteiger partial charge in [0.05, 0.1) is 11.1 Å². The fraction of sp³-hybridized carbons (Fsp3) is 0. The summed E-state index contributed by atoms with van der Waals surface area (Å²) in [6, 6.07) is 10.3. The molecule has 0 aliphatic rings. The Labute approximate surface area is 123 Å². The van der Waals surface area contributed by atoms with Crippen LogP contribution in [0.5, 0.6) is 0 Å². The van der Waals surface area contributed by atoms with Gasteiger partial charge in [-0.05, 0) is 18.2 Å². The van der Waals surface area contributed by atoms with Crippen LogP contribution < -0.4 is 5.32 Å².